The molecule has 1 heterocycles. The van der Waals surface area contributed by atoms with Crippen LogP contribution in [0.1, 0.15) is 18.4 Å². The second kappa shape index (κ2) is 3.67. The minimum atomic E-state index is 0.408. The van der Waals surface area contributed by atoms with Crippen molar-refractivity contribution in [3.63, 3.8) is 0 Å². The van der Waals surface area contributed by atoms with Gasteiger partial charge in [-0.2, -0.15) is 11.8 Å². The Bertz CT molecular complexity index is 569. The monoisotopic (exact) mass is 247 g/mol. The van der Waals surface area contributed by atoms with E-state index in [4.69, 9.17) is 5.73 Å². The van der Waals surface area contributed by atoms with E-state index < -0.39 is 0 Å². The lowest BCUT2D eigenvalue weighted by molar-refractivity contribution is 0.687. The summed E-state index contributed by atoms with van der Waals surface area (Å²) >= 11 is 1.95. The van der Waals surface area contributed by atoms with Crippen LogP contribution in [-0.2, 0) is 6.54 Å². The molecule has 1 saturated carbocycles. The van der Waals surface area contributed by atoms with E-state index in [2.05, 4.69) is 40.9 Å². The van der Waals surface area contributed by atoms with Crippen LogP contribution in [0, 0.1) is 6.92 Å². The summed E-state index contributed by atoms with van der Waals surface area (Å²) in [6.45, 7) is 3.07. The van der Waals surface area contributed by atoms with Gasteiger partial charge in [0.15, 0.2) is 0 Å². The van der Waals surface area contributed by atoms with Crippen LogP contribution in [0.2, 0.25) is 0 Å². The van der Waals surface area contributed by atoms with Crippen molar-refractivity contribution in [3.05, 3.63) is 23.8 Å². The Hall–Kier alpha value is -1.16. The maximum absolute atomic E-state index is 6.05. The standard InChI is InChI=1S/C13H17N3S/c1-9-4-3-5-10-11(9)15-12(14)16(10)8-13(17-2)6-7-13/h3-5H,6-8H2,1-2H3,(H2,14,15). The predicted octanol–water partition coefficient (Wildman–Crippen LogP) is 2.82. The molecule has 3 nitrogen and oxygen atoms in total. The Morgan fingerprint density at radius 3 is 2.88 bits per heavy atom. The summed E-state index contributed by atoms with van der Waals surface area (Å²) in [5, 5.41) is 0. The van der Waals surface area contributed by atoms with Gasteiger partial charge < -0.3 is 10.3 Å². The highest BCUT2D eigenvalue weighted by Gasteiger charge is 2.42. The van der Waals surface area contributed by atoms with Gasteiger partial charge in [0.05, 0.1) is 11.0 Å². The van der Waals surface area contributed by atoms with Crippen LogP contribution < -0.4 is 5.73 Å². The third-order valence-electron chi connectivity index (χ3n) is 3.70. The number of nitrogens with zero attached hydrogens (tertiary/aromatic N) is 2. The Labute approximate surface area is 105 Å². The van der Waals surface area contributed by atoms with E-state index in [1.807, 2.05) is 11.8 Å². The average molecular weight is 247 g/mol. The number of hydrogen-bond acceptors (Lipinski definition) is 3. The molecular formula is C13H17N3S. The summed E-state index contributed by atoms with van der Waals surface area (Å²) in [5.74, 6) is 0.648. The summed E-state index contributed by atoms with van der Waals surface area (Å²) in [6, 6.07) is 6.27. The summed E-state index contributed by atoms with van der Waals surface area (Å²) in [7, 11) is 0. The SMILES string of the molecule is CSC1(Cn2c(N)nc3c(C)cccc32)CC1. The lowest BCUT2D eigenvalue weighted by atomic mass is 10.2. The molecule has 1 aliphatic carbocycles. The molecule has 1 fully saturated rings. The fourth-order valence-corrected chi connectivity index (χ4v) is 3.09. The van der Waals surface area contributed by atoms with E-state index in [1.54, 1.807) is 0 Å². The van der Waals surface area contributed by atoms with Gasteiger partial charge in [-0.25, -0.2) is 4.98 Å². The molecule has 2 N–H and O–H groups in total. The molecule has 3 rings (SSSR count). The Morgan fingerprint density at radius 2 is 2.24 bits per heavy atom. The average Bonchev–Trinajstić information content (AvgIpc) is 3.02. The smallest absolute Gasteiger partial charge is 0.201 e. The number of aromatic nitrogens is 2. The van der Waals surface area contributed by atoms with Crippen molar-refractivity contribution in [3.8, 4) is 0 Å². The number of thioether (sulfide) groups is 1. The van der Waals surface area contributed by atoms with Gasteiger partial charge >= 0.3 is 0 Å². The highest BCUT2D eigenvalue weighted by atomic mass is 32.2. The fourth-order valence-electron chi connectivity index (χ4n) is 2.33. The number of rotatable bonds is 3. The summed E-state index contributed by atoms with van der Waals surface area (Å²) in [4.78, 5) is 4.49. The second-order valence-electron chi connectivity index (χ2n) is 4.89. The molecule has 0 aliphatic heterocycles. The van der Waals surface area contributed by atoms with Crippen LogP contribution in [0.3, 0.4) is 0 Å². The Kier molecular flexibility index (Phi) is 2.36. The minimum Gasteiger partial charge on any atom is -0.369 e. The largest absolute Gasteiger partial charge is 0.369 e. The minimum absolute atomic E-state index is 0.408. The van der Waals surface area contributed by atoms with Crippen molar-refractivity contribution in [1.29, 1.82) is 0 Å². The van der Waals surface area contributed by atoms with E-state index >= 15 is 0 Å². The molecule has 0 radical (unpaired) electrons. The number of fused-ring (bicyclic) bond motifs is 1. The molecule has 1 aromatic heterocycles. The zero-order valence-corrected chi connectivity index (χ0v) is 11.0. The normalized spacial score (nSPS) is 17.5. The summed E-state index contributed by atoms with van der Waals surface area (Å²) in [6.07, 6.45) is 4.77. The zero-order valence-electron chi connectivity index (χ0n) is 10.2. The van der Waals surface area contributed by atoms with Crippen molar-refractivity contribution in [2.24, 2.45) is 0 Å². The number of para-hydroxylation sites is 1. The van der Waals surface area contributed by atoms with Gasteiger partial charge in [0.2, 0.25) is 5.95 Å². The highest BCUT2D eigenvalue weighted by Crippen LogP contribution is 2.49. The van der Waals surface area contributed by atoms with Crippen molar-refractivity contribution in [2.45, 2.75) is 31.1 Å². The third kappa shape index (κ3) is 1.71. The first-order valence-electron chi connectivity index (χ1n) is 5.92. The number of aryl methyl sites for hydroxylation is 1. The van der Waals surface area contributed by atoms with Crippen molar-refractivity contribution in [2.75, 3.05) is 12.0 Å². The number of benzene rings is 1. The molecule has 2 aromatic rings. The zero-order chi connectivity index (χ0) is 12.0. The van der Waals surface area contributed by atoms with Gasteiger partial charge in [0.1, 0.15) is 0 Å². The van der Waals surface area contributed by atoms with E-state index in [9.17, 15) is 0 Å². The molecule has 1 aliphatic rings. The van der Waals surface area contributed by atoms with Crippen LogP contribution in [-0.4, -0.2) is 20.6 Å². The first-order chi connectivity index (χ1) is 8.15. The van der Waals surface area contributed by atoms with Gasteiger partial charge in [-0.05, 0) is 37.7 Å². The lowest BCUT2D eigenvalue weighted by Crippen LogP contribution is -2.15. The van der Waals surface area contributed by atoms with Crippen LogP contribution >= 0.6 is 11.8 Å². The number of anilines is 1. The molecule has 1 aromatic carbocycles. The molecule has 0 amide bonds. The second-order valence-corrected chi connectivity index (χ2v) is 6.16. The molecule has 0 spiro atoms. The number of nitrogen functional groups attached to an aromatic ring is 1. The predicted molar refractivity (Wildman–Crippen MR) is 74.4 cm³/mol. The molecule has 4 heteroatoms. The van der Waals surface area contributed by atoms with Crippen molar-refractivity contribution < 1.29 is 0 Å². The highest BCUT2D eigenvalue weighted by molar-refractivity contribution is 8.00. The molecule has 0 bridgehead atoms. The van der Waals surface area contributed by atoms with E-state index in [-0.39, 0.29) is 0 Å². The maximum atomic E-state index is 6.05. The summed E-state index contributed by atoms with van der Waals surface area (Å²) in [5.41, 5.74) is 9.46. The number of imidazole rings is 1. The molecule has 90 valence electrons. The molecule has 0 saturated heterocycles. The quantitative estimate of drug-likeness (QED) is 0.907. The van der Waals surface area contributed by atoms with Crippen LogP contribution in [0.25, 0.3) is 11.0 Å². The van der Waals surface area contributed by atoms with Crippen LogP contribution in [0.5, 0.6) is 0 Å². The van der Waals surface area contributed by atoms with Crippen LogP contribution in [0.4, 0.5) is 5.95 Å². The van der Waals surface area contributed by atoms with E-state index in [0.717, 1.165) is 12.1 Å². The fraction of sp³-hybridized carbons (Fsp3) is 0.462. The van der Waals surface area contributed by atoms with Crippen LogP contribution in [0.15, 0.2) is 18.2 Å². The molecule has 17 heavy (non-hydrogen) atoms. The molecule has 0 atom stereocenters. The van der Waals surface area contributed by atoms with Gasteiger partial charge in [0.25, 0.3) is 0 Å². The Morgan fingerprint density at radius 1 is 1.47 bits per heavy atom. The van der Waals surface area contributed by atoms with Gasteiger partial charge in [-0.15, -0.1) is 0 Å². The first-order valence-corrected chi connectivity index (χ1v) is 7.14. The Balaban J connectivity index is 2.09. The maximum Gasteiger partial charge on any atom is 0.201 e. The van der Waals surface area contributed by atoms with Crippen molar-refractivity contribution in [1.82, 2.24) is 9.55 Å². The first kappa shape index (κ1) is 11.0. The van der Waals surface area contributed by atoms with E-state index in [1.165, 1.54) is 23.9 Å². The van der Waals surface area contributed by atoms with Crippen molar-refractivity contribution >= 4 is 28.7 Å². The van der Waals surface area contributed by atoms with E-state index in [0.29, 0.717) is 10.7 Å². The summed E-state index contributed by atoms with van der Waals surface area (Å²) < 4.78 is 2.58. The van der Waals surface area contributed by atoms with Gasteiger partial charge in [-0.1, -0.05) is 12.1 Å². The van der Waals surface area contributed by atoms with Gasteiger partial charge in [0, 0.05) is 11.3 Å². The van der Waals surface area contributed by atoms with Gasteiger partial charge in [-0.3, -0.25) is 0 Å². The number of nitrogens with two attached hydrogens (primary N) is 1. The molecule has 0 unspecified atom stereocenters. The molecular weight excluding hydrogens is 230 g/mol. The topological polar surface area (TPSA) is 43.8 Å². The third-order valence-corrected chi connectivity index (χ3v) is 5.10. The number of hydrogen-bond donors (Lipinski definition) is 1. The lowest BCUT2D eigenvalue weighted by Gasteiger charge is -2.14.